The van der Waals surface area contributed by atoms with E-state index in [9.17, 15) is 22.4 Å². The number of aromatic nitrogens is 2. The highest BCUT2D eigenvalue weighted by Crippen LogP contribution is 2.29. The molecular weight excluding hydrogens is 350 g/mol. The maximum atomic E-state index is 13.7. The first-order valence-corrected chi connectivity index (χ1v) is 7.58. The van der Waals surface area contributed by atoms with Crippen LogP contribution in [-0.2, 0) is 12.7 Å². The quantitative estimate of drug-likeness (QED) is 0.714. The van der Waals surface area contributed by atoms with Gasteiger partial charge in [0.2, 0.25) is 0 Å². The maximum Gasteiger partial charge on any atom is 0.416 e. The molecule has 4 nitrogen and oxygen atoms in total. The second kappa shape index (κ2) is 6.99. The zero-order chi connectivity index (χ0) is 18.7. The van der Waals surface area contributed by atoms with Gasteiger partial charge in [0.25, 0.3) is 5.91 Å². The van der Waals surface area contributed by atoms with Gasteiger partial charge in [-0.1, -0.05) is 24.3 Å². The molecule has 8 heteroatoms. The first-order chi connectivity index (χ1) is 12.3. The third-order valence-corrected chi connectivity index (χ3v) is 3.65. The normalized spacial score (nSPS) is 11.4. The fourth-order valence-electron chi connectivity index (χ4n) is 2.35. The van der Waals surface area contributed by atoms with Gasteiger partial charge in [-0.2, -0.15) is 18.3 Å². The first kappa shape index (κ1) is 17.7. The number of benzene rings is 2. The second-order valence-corrected chi connectivity index (χ2v) is 5.51. The van der Waals surface area contributed by atoms with Crippen molar-refractivity contribution in [2.45, 2.75) is 12.7 Å². The molecule has 0 fully saturated rings. The highest BCUT2D eigenvalue weighted by Gasteiger charge is 2.30. The van der Waals surface area contributed by atoms with Crippen LogP contribution in [-0.4, -0.2) is 15.7 Å². The molecule has 0 radical (unpaired) electrons. The van der Waals surface area contributed by atoms with Crippen LogP contribution in [0, 0.1) is 5.82 Å². The van der Waals surface area contributed by atoms with Crippen LogP contribution in [0.25, 0.3) is 5.69 Å². The van der Waals surface area contributed by atoms with Crippen molar-refractivity contribution in [3.63, 3.8) is 0 Å². The molecule has 0 aliphatic heterocycles. The SMILES string of the molecule is O=C(NCc1cccc(C(F)(F)F)c1)c1cnn(-c2ccccc2F)c1. The number of alkyl halides is 3. The summed E-state index contributed by atoms with van der Waals surface area (Å²) in [4.78, 5) is 12.1. The van der Waals surface area contributed by atoms with Crippen molar-refractivity contribution in [1.29, 1.82) is 0 Å². The Morgan fingerprint density at radius 2 is 1.88 bits per heavy atom. The van der Waals surface area contributed by atoms with Crippen LogP contribution in [0.4, 0.5) is 17.6 Å². The number of carbonyl (C=O) groups excluding carboxylic acids is 1. The molecule has 0 aliphatic rings. The van der Waals surface area contributed by atoms with E-state index in [4.69, 9.17) is 0 Å². The largest absolute Gasteiger partial charge is 0.416 e. The number of para-hydroxylation sites is 1. The topological polar surface area (TPSA) is 46.9 Å². The highest BCUT2D eigenvalue weighted by atomic mass is 19.4. The van der Waals surface area contributed by atoms with E-state index in [2.05, 4.69) is 10.4 Å². The summed E-state index contributed by atoms with van der Waals surface area (Å²) in [5.74, 6) is -1.02. The lowest BCUT2D eigenvalue weighted by Crippen LogP contribution is -2.22. The smallest absolute Gasteiger partial charge is 0.348 e. The lowest BCUT2D eigenvalue weighted by molar-refractivity contribution is -0.137. The Kier molecular flexibility index (Phi) is 4.75. The number of hydrogen-bond donors (Lipinski definition) is 1. The van der Waals surface area contributed by atoms with Gasteiger partial charge < -0.3 is 5.32 Å². The second-order valence-electron chi connectivity index (χ2n) is 5.51. The minimum absolute atomic E-state index is 0.0758. The van der Waals surface area contributed by atoms with E-state index in [1.165, 1.54) is 47.4 Å². The van der Waals surface area contributed by atoms with E-state index in [0.717, 1.165) is 12.1 Å². The van der Waals surface area contributed by atoms with Crippen LogP contribution in [0.2, 0.25) is 0 Å². The van der Waals surface area contributed by atoms with Crippen LogP contribution in [0.5, 0.6) is 0 Å². The molecule has 0 saturated carbocycles. The van der Waals surface area contributed by atoms with Gasteiger partial charge in [-0.3, -0.25) is 4.79 Å². The lowest BCUT2D eigenvalue weighted by Gasteiger charge is -2.09. The molecule has 1 heterocycles. The van der Waals surface area contributed by atoms with Gasteiger partial charge in [-0.05, 0) is 29.8 Å². The Bertz CT molecular complexity index is 934. The number of nitrogens with zero attached hydrogens (tertiary/aromatic N) is 2. The number of hydrogen-bond acceptors (Lipinski definition) is 2. The van der Waals surface area contributed by atoms with E-state index < -0.39 is 23.5 Å². The molecule has 0 saturated heterocycles. The number of amides is 1. The Hall–Kier alpha value is -3.16. The zero-order valence-electron chi connectivity index (χ0n) is 13.3. The van der Waals surface area contributed by atoms with Crippen molar-refractivity contribution in [2.24, 2.45) is 0 Å². The van der Waals surface area contributed by atoms with Gasteiger partial charge in [-0.25, -0.2) is 9.07 Å². The standard InChI is InChI=1S/C18H13F4N3O/c19-15-6-1-2-7-16(15)25-11-13(10-24-25)17(26)23-9-12-4-3-5-14(8-12)18(20,21)22/h1-8,10-11H,9H2,(H,23,26). The number of carbonyl (C=O) groups is 1. The van der Waals surface area contributed by atoms with Gasteiger partial charge in [-0.15, -0.1) is 0 Å². The zero-order valence-corrected chi connectivity index (χ0v) is 13.3. The minimum atomic E-state index is -4.44. The fourth-order valence-corrected chi connectivity index (χ4v) is 2.35. The molecular formula is C18H13F4N3O. The van der Waals surface area contributed by atoms with Gasteiger partial charge in [0.1, 0.15) is 11.5 Å². The molecule has 1 N–H and O–H groups in total. The van der Waals surface area contributed by atoms with E-state index in [1.54, 1.807) is 6.07 Å². The highest BCUT2D eigenvalue weighted by molar-refractivity contribution is 5.93. The van der Waals surface area contributed by atoms with Crippen LogP contribution in [0.15, 0.2) is 60.9 Å². The average molecular weight is 363 g/mol. The first-order valence-electron chi connectivity index (χ1n) is 7.58. The Morgan fingerprint density at radius 3 is 2.62 bits per heavy atom. The predicted molar refractivity (Wildman–Crippen MR) is 86.1 cm³/mol. The van der Waals surface area contributed by atoms with E-state index >= 15 is 0 Å². The van der Waals surface area contributed by atoms with Crippen molar-refractivity contribution < 1.29 is 22.4 Å². The molecule has 1 aromatic heterocycles. The third kappa shape index (κ3) is 3.90. The Morgan fingerprint density at radius 1 is 1.12 bits per heavy atom. The van der Waals surface area contributed by atoms with Crippen LogP contribution in [0.3, 0.4) is 0 Å². The van der Waals surface area contributed by atoms with Crippen molar-refractivity contribution in [3.05, 3.63) is 83.4 Å². The Balaban J connectivity index is 1.69. The summed E-state index contributed by atoms with van der Waals surface area (Å²) >= 11 is 0. The van der Waals surface area contributed by atoms with Crippen molar-refractivity contribution >= 4 is 5.91 Å². The molecule has 26 heavy (non-hydrogen) atoms. The lowest BCUT2D eigenvalue weighted by atomic mass is 10.1. The molecule has 0 bridgehead atoms. The number of rotatable bonds is 4. The molecule has 2 aromatic carbocycles. The summed E-state index contributed by atoms with van der Waals surface area (Å²) < 4.78 is 53.1. The van der Waals surface area contributed by atoms with E-state index in [0.29, 0.717) is 5.56 Å². The van der Waals surface area contributed by atoms with Crippen LogP contribution >= 0.6 is 0 Å². The molecule has 1 amide bonds. The molecule has 134 valence electrons. The van der Waals surface area contributed by atoms with Gasteiger partial charge in [0, 0.05) is 12.7 Å². The summed E-state index contributed by atoms with van der Waals surface area (Å²) in [5, 5.41) is 6.46. The van der Waals surface area contributed by atoms with Gasteiger partial charge in [0.05, 0.1) is 17.3 Å². The number of nitrogens with one attached hydrogen (secondary N) is 1. The van der Waals surface area contributed by atoms with Crippen molar-refractivity contribution in [1.82, 2.24) is 15.1 Å². The summed E-state index contributed by atoms with van der Waals surface area (Å²) in [6.45, 7) is -0.0758. The fraction of sp³-hybridized carbons (Fsp3) is 0.111. The Labute approximate surface area is 146 Å². The van der Waals surface area contributed by atoms with E-state index in [1.807, 2.05) is 0 Å². The monoisotopic (exact) mass is 363 g/mol. The van der Waals surface area contributed by atoms with Gasteiger partial charge >= 0.3 is 6.18 Å². The van der Waals surface area contributed by atoms with Crippen molar-refractivity contribution in [3.8, 4) is 5.69 Å². The molecule has 0 aliphatic carbocycles. The molecule has 0 spiro atoms. The van der Waals surface area contributed by atoms with Crippen LogP contribution < -0.4 is 5.32 Å². The molecule has 3 aromatic rings. The summed E-state index contributed by atoms with van der Waals surface area (Å²) in [6, 6.07) is 10.6. The molecule has 0 unspecified atom stereocenters. The van der Waals surface area contributed by atoms with Crippen molar-refractivity contribution in [2.75, 3.05) is 0 Å². The van der Waals surface area contributed by atoms with Gasteiger partial charge in [0.15, 0.2) is 0 Å². The molecule has 0 atom stereocenters. The predicted octanol–water partition coefficient (Wildman–Crippen LogP) is 3.96. The number of halogens is 4. The average Bonchev–Trinajstić information content (AvgIpc) is 3.09. The summed E-state index contributed by atoms with van der Waals surface area (Å²) in [7, 11) is 0. The maximum absolute atomic E-state index is 13.7. The van der Waals surface area contributed by atoms with Crippen LogP contribution in [0.1, 0.15) is 21.5 Å². The summed E-state index contributed by atoms with van der Waals surface area (Å²) in [5.41, 5.74) is -0.115. The van der Waals surface area contributed by atoms with E-state index in [-0.39, 0.29) is 17.8 Å². The third-order valence-electron chi connectivity index (χ3n) is 3.65. The summed E-state index contributed by atoms with van der Waals surface area (Å²) in [6.07, 6.45) is -1.84. The minimum Gasteiger partial charge on any atom is -0.348 e. The molecule has 3 rings (SSSR count).